The third-order valence-corrected chi connectivity index (χ3v) is 2.41. The Hall–Kier alpha value is -0.580. The zero-order valence-corrected chi connectivity index (χ0v) is 10.4. The number of nitrogens with one attached hydrogen (secondary N) is 1. The monoisotopic (exact) mass is 249 g/mol. The molecular formula is C9H13Cl2N3O. The molecule has 0 amide bonds. The Labute approximate surface area is 99.0 Å². The van der Waals surface area contributed by atoms with Crippen molar-refractivity contribution in [1.82, 2.24) is 9.97 Å². The molecule has 84 valence electrons. The molecule has 0 spiro atoms. The van der Waals surface area contributed by atoms with Gasteiger partial charge in [-0.15, -0.1) is 0 Å². The number of anilines is 1. The van der Waals surface area contributed by atoms with E-state index in [0.717, 1.165) is 0 Å². The summed E-state index contributed by atoms with van der Waals surface area (Å²) in [6, 6.07) is 0. The number of ether oxygens (including phenoxy) is 1. The minimum absolute atomic E-state index is 0.164. The van der Waals surface area contributed by atoms with Crippen LogP contribution in [0.4, 0.5) is 5.82 Å². The lowest BCUT2D eigenvalue weighted by atomic mass is 10.1. The molecule has 0 aromatic carbocycles. The highest BCUT2D eigenvalue weighted by molar-refractivity contribution is 6.33. The molecule has 0 aliphatic rings. The highest BCUT2D eigenvalue weighted by atomic mass is 35.5. The Morgan fingerprint density at radius 2 is 2.13 bits per heavy atom. The van der Waals surface area contributed by atoms with Crippen molar-refractivity contribution in [2.45, 2.75) is 19.4 Å². The summed E-state index contributed by atoms with van der Waals surface area (Å²) in [6.45, 7) is 4.49. The van der Waals surface area contributed by atoms with Gasteiger partial charge in [-0.25, -0.2) is 4.98 Å². The van der Waals surface area contributed by atoms with Crippen molar-refractivity contribution < 1.29 is 4.74 Å². The highest BCUT2D eigenvalue weighted by Gasteiger charge is 2.16. The maximum atomic E-state index is 5.88. The van der Waals surface area contributed by atoms with E-state index in [1.807, 2.05) is 13.8 Å². The largest absolute Gasteiger partial charge is 0.377 e. The van der Waals surface area contributed by atoms with Crippen LogP contribution in [0.15, 0.2) is 6.20 Å². The summed E-state index contributed by atoms with van der Waals surface area (Å²) >= 11 is 11.5. The molecule has 15 heavy (non-hydrogen) atoms. The molecule has 0 bridgehead atoms. The fourth-order valence-electron chi connectivity index (χ4n) is 0.838. The lowest BCUT2D eigenvalue weighted by molar-refractivity contribution is 0.0343. The van der Waals surface area contributed by atoms with Gasteiger partial charge in [-0.3, -0.25) is 0 Å². The van der Waals surface area contributed by atoms with E-state index in [-0.39, 0.29) is 10.9 Å². The fourth-order valence-corrected chi connectivity index (χ4v) is 1.13. The summed E-state index contributed by atoms with van der Waals surface area (Å²) in [6.07, 6.45) is 1.46. The fraction of sp³-hybridized carbons (Fsp3) is 0.556. The first kappa shape index (κ1) is 12.5. The Bertz CT molecular complexity index is 344. The molecule has 0 aliphatic heterocycles. The molecule has 1 N–H and O–H groups in total. The van der Waals surface area contributed by atoms with E-state index in [0.29, 0.717) is 17.4 Å². The van der Waals surface area contributed by atoms with E-state index in [4.69, 9.17) is 27.9 Å². The van der Waals surface area contributed by atoms with Crippen LogP contribution in [-0.4, -0.2) is 29.2 Å². The summed E-state index contributed by atoms with van der Waals surface area (Å²) in [7, 11) is 1.65. The van der Waals surface area contributed by atoms with Gasteiger partial charge in [0, 0.05) is 13.7 Å². The molecule has 6 heteroatoms. The first-order valence-electron chi connectivity index (χ1n) is 4.42. The highest BCUT2D eigenvalue weighted by Crippen LogP contribution is 2.20. The Kier molecular flexibility index (Phi) is 4.13. The summed E-state index contributed by atoms with van der Waals surface area (Å²) in [5.74, 6) is 0.516. The quantitative estimate of drug-likeness (QED) is 0.834. The van der Waals surface area contributed by atoms with E-state index in [1.54, 1.807) is 7.11 Å². The smallest absolute Gasteiger partial charge is 0.224 e. The predicted molar refractivity (Wildman–Crippen MR) is 61.6 cm³/mol. The number of hydrogen-bond acceptors (Lipinski definition) is 4. The van der Waals surface area contributed by atoms with Gasteiger partial charge in [0.25, 0.3) is 0 Å². The summed E-state index contributed by atoms with van der Waals surface area (Å²) < 4.78 is 5.25. The van der Waals surface area contributed by atoms with Crippen molar-refractivity contribution in [3.8, 4) is 0 Å². The summed E-state index contributed by atoms with van der Waals surface area (Å²) in [5, 5.41) is 3.65. The Morgan fingerprint density at radius 3 is 2.73 bits per heavy atom. The number of hydrogen-bond donors (Lipinski definition) is 1. The van der Waals surface area contributed by atoms with Crippen molar-refractivity contribution in [3.63, 3.8) is 0 Å². The molecular weight excluding hydrogens is 237 g/mol. The minimum Gasteiger partial charge on any atom is -0.377 e. The molecule has 1 aromatic rings. The van der Waals surface area contributed by atoms with Gasteiger partial charge in [0.15, 0.2) is 0 Å². The van der Waals surface area contributed by atoms with Crippen molar-refractivity contribution in [3.05, 3.63) is 16.5 Å². The van der Waals surface area contributed by atoms with Crippen LogP contribution in [0.25, 0.3) is 0 Å². The van der Waals surface area contributed by atoms with Gasteiger partial charge >= 0.3 is 0 Å². The number of rotatable bonds is 4. The van der Waals surface area contributed by atoms with Crippen LogP contribution in [0, 0.1) is 0 Å². The van der Waals surface area contributed by atoms with Crippen molar-refractivity contribution in [2.24, 2.45) is 0 Å². The second-order valence-electron chi connectivity index (χ2n) is 3.65. The standard InChI is InChI=1S/C9H13Cl2N3O/c1-9(2,15-3)5-13-7-6(10)4-12-8(11)14-7/h4H,5H2,1-3H3,(H,12,13,14). The van der Waals surface area contributed by atoms with Gasteiger partial charge in [0.1, 0.15) is 10.8 Å². The third-order valence-electron chi connectivity index (χ3n) is 1.95. The number of methoxy groups -OCH3 is 1. The van der Waals surface area contributed by atoms with Gasteiger partial charge in [-0.2, -0.15) is 4.98 Å². The maximum absolute atomic E-state index is 5.88. The molecule has 0 atom stereocenters. The average molecular weight is 250 g/mol. The first-order chi connectivity index (χ1) is 6.94. The van der Waals surface area contributed by atoms with Crippen LogP contribution < -0.4 is 5.32 Å². The molecule has 1 rings (SSSR count). The first-order valence-corrected chi connectivity index (χ1v) is 5.17. The van der Waals surface area contributed by atoms with Crippen LogP contribution in [0.5, 0.6) is 0 Å². The second-order valence-corrected chi connectivity index (χ2v) is 4.40. The van der Waals surface area contributed by atoms with Crippen molar-refractivity contribution >= 4 is 29.0 Å². The molecule has 4 nitrogen and oxygen atoms in total. The van der Waals surface area contributed by atoms with E-state index in [9.17, 15) is 0 Å². The molecule has 0 fully saturated rings. The zero-order chi connectivity index (χ0) is 11.5. The SMILES string of the molecule is COC(C)(C)CNc1nc(Cl)ncc1Cl. The van der Waals surface area contributed by atoms with E-state index >= 15 is 0 Å². The zero-order valence-electron chi connectivity index (χ0n) is 8.84. The predicted octanol–water partition coefficient (Wildman–Crippen LogP) is 2.62. The van der Waals surface area contributed by atoms with Crippen LogP contribution in [-0.2, 0) is 4.74 Å². The van der Waals surface area contributed by atoms with Gasteiger partial charge in [0.05, 0.1) is 11.8 Å². The average Bonchev–Trinajstić information content (AvgIpc) is 2.20. The Balaban J connectivity index is 2.69. The topological polar surface area (TPSA) is 47.0 Å². The van der Waals surface area contributed by atoms with Crippen molar-refractivity contribution in [2.75, 3.05) is 19.0 Å². The maximum Gasteiger partial charge on any atom is 0.224 e. The summed E-state index contributed by atoms with van der Waals surface area (Å²) in [4.78, 5) is 7.72. The molecule has 0 saturated carbocycles. The second kappa shape index (κ2) is 4.96. The number of aromatic nitrogens is 2. The van der Waals surface area contributed by atoms with E-state index < -0.39 is 0 Å². The van der Waals surface area contributed by atoms with Crippen LogP contribution in [0.1, 0.15) is 13.8 Å². The molecule has 1 heterocycles. The molecule has 0 aliphatic carbocycles. The van der Waals surface area contributed by atoms with Crippen molar-refractivity contribution in [1.29, 1.82) is 0 Å². The van der Waals surface area contributed by atoms with Crippen LogP contribution in [0.3, 0.4) is 0 Å². The lowest BCUT2D eigenvalue weighted by Crippen LogP contribution is -2.32. The van der Waals surface area contributed by atoms with Gasteiger partial charge in [-0.1, -0.05) is 11.6 Å². The van der Waals surface area contributed by atoms with Crippen LogP contribution >= 0.6 is 23.2 Å². The third kappa shape index (κ3) is 3.81. The normalized spacial score (nSPS) is 11.5. The van der Waals surface area contributed by atoms with Crippen LogP contribution in [0.2, 0.25) is 10.3 Å². The van der Waals surface area contributed by atoms with E-state index in [1.165, 1.54) is 6.20 Å². The molecule has 0 radical (unpaired) electrons. The number of nitrogens with zero attached hydrogens (tertiary/aromatic N) is 2. The van der Waals surface area contributed by atoms with Gasteiger partial charge < -0.3 is 10.1 Å². The Morgan fingerprint density at radius 1 is 1.47 bits per heavy atom. The summed E-state index contributed by atoms with van der Waals surface area (Å²) in [5.41, 5.74) is -0.291. The van der Waals surface area contributed by atoms with Gasteiger partial charge in [-0.05, 0) is 25.4 Å². The molecule has 1 aromatic heterocycles. The van der Waals surface area contributed by atoms with Gasteiger partial charge in [0.2, 0.25) is 5.28 Å². The van der Waals surface area contributed by atoms with E-state index in [2.05, 4.69) is 15.3 Å². The molecule has 0 unspecified atom stereocenters. The number of halogens is 2. The molecule has 0 saturated heterocycles. The minimum atomic E-state index is -0.291. The lowest BCUT2D eigenvalue weighted by Gasteiger charge is -2.23.